The maximum absolute atomic E-state index is 12.9. The molecule has 1 fully saturated rings. The lowest BCUT2D eigenvalue weighted by Gasteiger charge is -2.53. The molecule has 2 aromatic rings. The monoisotopic (exact) mass is 388 g/mol. The van der Waals surface area contributed by atoms with Crippen molar-refractivity contribution in [1.82, 2.24) is 0 Å². The van der Waals surface area contributed by atoms with E-state index in [9.17, 15) is 9.59 Å². The molecular weight excluding hydrogens is 364 g/mol. The smallest absolute Gasteiger partial charge is 0.244 e. The first kappa shape index (κ1) is 19.0. The Morgan fingerprint density at radius 1 is 1.17 bits per heavy atom. The number of anilines is 2. The van der Waals surface area contributed by atoms with Crippen LogP contribution in [-0.4, -0.2) is 17.4 Å². The first-order valence-corrected chi connectivity index (χ1v) is 9.87. The second-order valence-corrected chi connectivity index (χ2v) is 7.98. The largest absolute Gasteiger partial charge is 0.378 e. The zero-order chi connectivity index (χ0) is 20.8. The van der Waals surface area contributed by atoms with Crippen LogP contribution in [-0.2, 0) is 9.59 Å². The summed E-state index contributed by atoms with van der Waals surface area (Å²) >= 11 is 0. The lowest BCUT2D eigenvalue weighted by Crippen LogP contribution is -2.68. The van der Waals surface area contributed by atoms with E-state index >= 15 is 0 Å². The van der Waals surface area contributed by atoms with Gasteiger partial charge in [-0.25, -0.2) is 0 Å². The standard InChI is InChI=1S/C23H24N4O2/c1-14-21(26-18-11-7-16(13-24)8-12-18)19-5-3-4-6-20(19)27(15(2)28)23(14,22(25)29)17-9-10-17/h3-8,11-12,14,17,21,26H,9-10H2,1-2H3,(H2,25,29)/t14-,21-,23-/m1/s1. The van der Waals surface area contributed by atoms with Gasteiger partial charge in [-0.05, 0) is 54.7 Å². The predicted octanol–water partition coefficient (Wildman–Crippen LogP) is 3.35. The Bertz CT molecular complexity index is 1010. The quantitative estimate of drug-likeness (QED) is 0.839. The summed E-state index contributed by atoms with van der Waals surface area (Å²) in [6.45, 7) is 3.49. The van der Waals surface area contributed by atoms with Crippen molar-refractivity contribution in [2.45, 2.75) is 38.3 Å². The summed E-state index contributed by atoms with van der Waals surface area (Å²) in [6.07, 6.45) is 1.76. The van der Waals surface area contributed by atoms with E-state index in [1.54, 1.807) is 17.0 Å². The molecule has 3 N–H and O–H groups in total. The second kappa shape index (κ2) is 6.93. The fraction of sp³-hybridized carbons (Fsp3) is 0.348. The maximum Gasteiger partial charge on any atom is 0.244 e. The number of primary amides is 1. The number of nitrogens with two attached hydrogens (primary N) is 1. The highest BCUT2D eigenvalue weighted by Gasteiger charge is 2.62. The van der Waals surface area contributed by atoms with Gasteiger partial charge in [-0.1, -0.05) is 25.1 Å². The average molecular weight is 388 g/mol. The molecule has 1 saturated carbocycles. The van der Waals surface area contributed by atoms with Crippen LogP contribution in [0.3, 0.4) is 0 Å². The van der Waals surface area contributed by atoms with Gasteiger partial charge in [0, 0.05) is 18.5 Å². The molecule has 1 aliphatic heterocycles. The lowest BCUT2D eigenvalue weighted by molar-refractivity contribution is -0.131. The minimum atomic E-state index is -1.07. The van der Waals surface area contributed by atoms with E-state index < -0.39 is 11.4 Å². The Labute approximate surface area is 170 Å². The second-order valence-electron chi connectivity index (χ2n) is 7.98. The zero-order valence-corrected chi connectivity index (χ0v) is 16.6. The predicted molar refractivity (Wildman–Crippen MR) is 111 cm³/mol. The topological polar surface area (TPSA) is 99.2 Å². The fourth-order valence-electron chi connectivity index (χ4n) is 4.95. The fourth-order valence-corrected chi connectivity index (χ4v) is 4.95. The maximum atomic E-state index is 12.9. The number of carbonyl (C=O) groups is 2. The summed E-state index contributed by atoms with van der Waals surface area (Å²) in [7, 11) is 0. The zero-order valence-electron chi connectivity index (χ0n) is 16.6. The summed E-state index contributed by atoms with van der Waals surface area (Å²) in [4.78, 5) is 27.3. The van der Waals surface area contributed by atoms with E-state index in [4.69, 9.17) is 11.0 Å². The molecule has 2 amide bonds. The van der Waals surface area contributed by atoms with E-state index in [-0.39, 0.29) is 23.8 Å². The minimum Gasteiger partial charge on any atom is -0.378 e. The number of hydrogen-bond donors (Lipinski definition) is 2. The minimum absolute atomic E-state index is 0.0533. The van der Waals surface area contributed by atoms with Crippen LogP contribution in [0.5, 0.6) is 0 Å². The SMILES string of the molecule is CC(=O)N1c2ccccc2[C@H](Nc2ccc(C#N)cc2)[C@@H](C)[C@]1(C(N)=O)C1CC1. The third-order valence-corrected chi connectivity index (χ3v) is 6.32. The summed E-state index contributed by atoms with van der Waals surface area (Å²) < 4.78 is 0. The van der Waals surface area contributed by atoms with E-state index in [2.05, 4.69) is 11.4 Å². The van der Waals surface area contributed by atoms with E-state index in [1.807, 2.05) is 43.3 Å². The first-order valence-electron chi connectivity index (χ1n) is 9.87. The highest BCUT2D eigenvalue weighted by atomic mass is 16.2. The molecule has 0 unspecified atom stereocenters. The van der Waals surface area contributed by atoms with Crippen molar-refractivity contribution in [2.24, 2.45) is 17.6 Å². The van der Waals surface area contributed by atoms with Gasteiger partial charge in [0.25, 0.3) is 0 Å². The number of nitrogens with one attached hydrogen (secondary N) is 1. The Hall–Kier alpha value is -3.33. The van der Waals surface area contributed by atoms with Crippen molar-refractivity contribution in [3.05, 3.63) is 59.7 Å². The Morgan fingerprint density at radius 2 is 1.83 bits per heavy atom. The van der Waals surface area contributed by atoms with Crippen molar-refractivity contribution in [1.29, 1.82) is 5.26 Å². The van der Waals surface area contributed by atoms with E-state index in [0.717, 1.165) is 29.8 Å². The number of rotatable bonds is 4. The van der Waals surface area contributed by atoms with Crippen molar-refractivity contribution >= 4 is 23.2 Å². The van der Waals surface area contributed by atoms with Gasteiger partial charge >= 0.3 is 0 Å². The van der Waals surface area contributed by atoms with Gasteiger partial charge in [0.15, 0.2) is 0 Å². The molecule has 29 heavy (non-hydrogen) atoms. The van der Waals surface area contributed by atoms with E-state index in [0.29, 0.717) is 5.56 Å². The molecule has 2 aliphatic rings. The highest BCUT2D eigenvalue weighted by Crippen LogP contribution is 2.56. The summed E-state index contributed by atoms with van der Waals surface area (Å²) in [5, 5.41) is 12.6. The number of fused-ring (bicyclic) bond motifs is 1. The van der Waals surface area contributed by atoms with Crippen molar-refractivity contribution in [3.63, 3.8) is 0 Å². The Balaban J connectivity index is 1.86. The molecule has 4 rings (SSSR count). The van der Waals surface area contributed by atoms with Crippen LogP contribution >= 0.6 is 0 Å². The molecule has 6 nitrogen and oxygen atoms in total. The molecule has 1 heterocycles. The summed E-state index contributed by atoms with van der Waals surface area (Å²) in [6, 6.07) is 16.8. The molecule has 0 spiro atoms. The van der Waals surface area contributed by atoms with Gasteiger partial charge in [0.1, 0.15) is 5.54 Å². The van der Waals surface area contributed by atoms with Crippen LogP contribution in [0.2, 0.25) is 0 Å². The van der Waals surface area contributed by atoms with Crippen LogP contribution in [0, 0.1) is 23.2 Å². The van der Waals surface area contributed by atoms with Crippen LogP contribution < -0.4 is 16.0 Å². The van der Waals surface area contributed by atoms with Gasteiger partial charge < -0.3 is 11.1 Å². The molecule has 3 atom stereocenters. The van der Waals surface area contributed by atoms with Gasteiger partial charge in [-0.3, -0.25) is 14.5 Å². The highest BCUT2D eigenvalue weighted by molar-refractivity contribution is 6.04. The number of carbonyl (C=O) groups excluding carboxylic acids is 2. The number of hydrogen-bond acceptors (Lipinski definition) is 4. The molecule has 0 bridgehead atoms. The average Bonchev–Trinajstić information content (AvgIpc) is 3.55. The van der Waals surface area contributed by atoms with Crippen molar-refractivity contribution < 1.29 is 9.59 Å². The van der Waals surface area contributed by atoms with Crippen LogP contribution in [0.25, 0.3) is 0 Å². The third kappa shape index (κ3) is 2.85. The van der Waals surface area contributed by atoms with Crippen LogP contribution in [0.4, 0.5) is 11.4 Å². The number of nitriles is 1. The molecule has 0 radical (unpaired) electrons. The number of benzene rings is 2. The van der Waals surface area contributed by atoms with Gasteiger partial charge in [-0.15, -0.1) is 0 Å². The normalized spacial score (nSPS) is 25.6. The molecule has 0 saturated heterocycles. The van der Waals surface area contributed by atoms with Gasteiger partial charge in [-0.2, -0.15) is 5.26 Å². The molecular formula is C23H24N4O2. The Kier molecular flexibility index (Phi) is 4.54. The van der Waals surface area contributed by atoms with Gasteiger partial charge in [0.05, 0.1) is 23.4 Å². The van der Waals surface area contributed by atoms with Crippen molar-refractivity contribution in [2.75, 3.05) is 10.2 Å². The molecule has 148 valence electrons. The molecule has 6 heteroatoms. The molecule has 0 aromatic heterocycles. The van der Waals surface area contributed by atoms with Gasteiger partial charge in [0.2, 0.25) is 11.8 Å². The van der Waals surface area contributed by atoms with Crippen LogP contribution in [0.15, 0.2) is 48.5 Å². The molecule has 2 aromatic carbocycles. The third-order valence-electron chi connectivity index (χ3n) is 6.32. The molecule has 1 aliphatic carbocycles. The summed E-state index contributed by atoms with van der Waals surface area (Å²) in [5.41, 5.74) is 8.07. The number of amides is 2. The first-order chi connectivity index (χ1) is 13.9. The van der Waals surface area contributed by atoms with Crippen LogP contribution in [0.1, 0.15) is 43.9 Å². The van der Waals surface area contributed by atoms with E-state index in [1.165, 1.54) is 6.92 Å². The lowest BCUT2D eigenvalue weighted by atomic mass is 9.69. The van der Waals surface area contributed by atoms with Crippen molar-refractivity contribution in [3.8, 4) is 6.07 Å². The Morgan fingerprint density at radius 3 is 2.38 bits per heavy atom. The summed E-state index contributed by atoms with van der Waals surface area (Å²) in [5.74, 6) is -0.810. The number of para-hydroxylation sites is 1. The number of nitrogens with zero attached hydrogens (tertiary/aromatic N) is 2.